The van der Waals surface area contributed by atoms with E-state index >= 15 is 0 Å². The van der Waals surface area contributed by atoms with E-state index in [2.05, 4.69) is 9.36 Å². The number of sulfone groups is 1. The van der Waals surface area contributed by atoms with Crippen molar-refractivity contribution in [1.82, 2.24) is 13.7 Å². The maximum atomic E-state index is 13.3. The summed E-state index contributed by atoms with van der Waals surface area (Å²) in [6, 6.07) is 12.0. The Morgan fingerprint density at radius 1 is 0.971 bits per heavy atom. The summed E-state index contributed by atoms with van der Waals surface area (Å²) in [6.45, 7) is 1.28. The highest BCUT2D eigenvalue weighted by Gasteiger charge is 2.31. The number of rotatable bonds is 7. The van der Waals surface area contributed by atoms with Crippen molar-refractivity contribution in [3.8, 4) is 0 Å². The summed E-state index contributed by atoms with van der Waals surface area (Å²) in [4.78, 5) is 16.8. The number of nitro groups is 1. The lowest BCUT2D eigenvalue weighted by Gasteiger charge is -2.22. The zero-order valence-electron chi connectivity index (χ0n) is 18.8. The first-order valence-electron chi connectivity index (χ1n) is 10.7. The Morgan fingerprint density at radius 2 is 1.66 bits per heavy atom. The van der Waals surface area contributed by atoms with Gasteiger partial charge in [-0.2, -0.15) is 8.68 Å². The van der Waals surface area contributed by atoms with E-state index in [4.69, 9.17) is 0 Å². The van der Waals surface area contributed by atoms with Crippen LogP contribution in [0.3, 0.4) is 0 Å². The first kappa shape index (κ1) is 25.2. The first-order chi connectivity index (χ1) is 16.6. The number of hydrogen-bond acceptors (Lipinski definition) is 10. The van der Waals surface area contributed by atoms with Gasteiger partial charge in [-0.25, -0.2) is 21.8 Å². The molecular formula is C21H23N5O6S3. The van der Waals surface area contributed by atoms with Crippen molar-refractivity contribution in [1.29, 1.82) is 0 Å². The third-order valence-corrected chi connectivity index (χ3v) is 9.64. The van der Waals surface area contributed by atoms with Crippen LogP contribution in [0.5, 0.6) is 0 Å². The number of nitro benzene ring substituents is 1. The lowest BCUT2D eigenvalue weighted by molar-refractivity contribution is -0.385. The fourth-order valence-electron chi connectivity index (χ4n) is 3.89. The van der Waals surface area contributed by atoms with Crippen molar-refractivity contribution < 1.29 is 21.8 Å². The Bertz CT molecular complexity index is 1460. The Hall–Kier alpha value is -2.94. The molecule has 1 saturated heterocycles. The Kier molecular flexibility index (Phi) is 7.17. The third-order valence-electron chi connectivity index (χ3n) is 5.59. The van der Waals surface area contributed by atoms with E-state index in [1.165, 1.54) is 34.6 Å². The highest BCUT2D eigenvalue weighted by Crippen LogP contribution is 2.27. The zero-order chi connectivity index (χ0) is 25.2. The summed E-state index contributed by atoms with van der Waals surface area (Å²) in [5.74, 6) is 0.454. The van der Waals surface area contributed by atoms with E-state index in [-0.39, 0.29) is 35.0 Å². The molecule has 2 heterocycles. The van der Waals surface area contributed by atoms with Gasteiger partial charge in [-0.05, 0) is 18.6 Å². The summed E-state index contributed by atoms with van der Waals surface area (Å²) in [7, 11) is -7.75. The van der Waals surface area contributed by atoms with E-state index < -0.39 is 24.8 Å². The molecule has 1 aliphatic rings. The number of nitrogens with zero attached hydrogens (tertiary/aromatic N) is 5. The second kappa shape index (κ2) is 9.97. The quantitative estimate of drug-likeness (QED) is 0.328. The van der Waals surface area contributed by atoms with E-state index in [0.29, 0.717) is 36.0 Å². The van der Waals surface area contributed by atoms with Crippen molar-refractivity contribution in [2.45, 2.75) is 22.6 Å². The number of benzene rings is 2. The van der Waals surface area contributed by atoms with Gasteiger partial charge in [0.25, 0.3) is 5.69 Å². The average Bonchev–Trinajstić information content (AvgIpc) is 3.12. The van der Waals surface area contributed by atoms with Crippen molar-refractivity contribution in [2.75, 3.05) is 37.3 Å². The maximum absolute atomic E-state index is 13.3. The van der Waals surface area contributed by atoms with Crippen LogP contribution in [-0.4, -0.2) is 67.9 Å². The van der Waals surface area contributed by atoms with E-state index in [9.17, 15) is 26.9 Å². The topological polar surface area (TPSA) is 144 Å². The van der Waals surface area contributed by atoms with Gasteiger partial charge in [-0.3, -0.25) is 10.1 Å². The molecule has 0 aliphatic carbocycles. The van der Waals surface area contributed by atoms with E-state index in [1.54, 1.807) is 18.2 Å². The Balaban J connectivity index is 1.50. The molecule has 1 aromatic heterocycles. The Morgan fingerprint density at radius 3 is 2.37 bits per heavy atom. The molecule has 11 nitrogen and oxygen atoms in total. The second-order valence-electron chi connectivity index (χ2n) is 8.02. The van der Waals surface area contributed by atoms with Gasteiger partial charge in [-0.15, -0.1) is 0 Å². The molecule has 2 aromatic carbocycles. The van der Waals surface area contributed by atoms with Gasteiger partial charge in [0.05, 0.1) is 9.82 Å². The summed E-state index contributed by atoms with van der Waals surface area (Å²) in [5.41, 5.74) is 0.522. The molecule has 0 atom stereocenters. The fraction of sp³-hybridized carbons (Fsp3) is 0.333. The van der Waals surface area contributed by atoms with Gasteiger partial charge in [0.2, 0.25) is 15.2 Å². The van der Waals surface area contributed by atoms with Gasteiger partial charge in [-0.1, -0.05) is 30.3 Å². The van der Waals surface area contributed by atoms with Gasteiger partial charge < -0.3 is 4.90 Å². The number of aromatic nitrogens is 2. The van der Waals surface area contributed by atoms with Crippen LogP contribution in [0, 0.1) is 10.1 Å². The normalized spacial score (nSPS) is 15.6. The molecule has 186 valence electrons. The second-order valence-corrected chi connectivity index (χ2v) is 12.6. The van der Waals surface area contributed by atoms with Crippen LogP contribution in [0.4, 0.5) is 10.8 Å². The molecule has 1 aliphatic heterocycles. The molecule has 0 bridgehead atoms. The van der Waals surface area contributed by atoms with Crippen LogP contribution >= 0.6 is 11.5 Å². The SMILES string of the molecule is CS(=O)(=O)c1ccccc1S(=O)(=O)N1CCCN(c2nc(Cc3ccccc3[N+](=O)[O-])ns2)CC1. The molecule has 14 heteroatoms. The maximum Gasteiger partial charge on any atom is 0.273 e. The molecule has 0 amide bonds. The van der Waals surface area contributed by atoms with Gasteiger partial charge in [0.15, 0.2) is 9.84 Å². The molecule has 4 rings (SSSR count). The van der Waals surface area contributed by atoms with Crippen LogP contribution in [0.15, 0.2) is 58.3 Å². The zero-order valence-corrected chi connectivity index (χ0v) is 21.2. The van der Waals surface area contributed by atoms with Crippen molar-refractivity contribution in [2.24, 2.45) is 0 Å². The molecule has 0 spiro atoms. The van der Waals surface area contributed by atoms with Crippen molar-refractivity contribution >= 4 is 42.2 Å². The smallest absolute Gasteiger partial charge is 0.273 e. The molecular weight excluding hydrogens is 514 g/mol. The fourth-order valence-corrected chi connectivity index (χ4v) is 7.70. The highest BCUT2D eigenvalue weighted by molar-refractivity contribution is 7.93. The average molecular weight is 538 g/mol. The lowest BCUT2D eigenvalue weighted by atomic mass is 10.1. The molecule has 3 aromatic rings. The van der Waals surface area contributed by atoms with Crippen LogP contribution in [0.2, 0.25) is 0 Å². The monoisotopic (exact) mass is 537 g/mol. The summed E-state index contributed by atoms with van der Waals surface area (Å²) >= 11 is 1.16. The van der Waals surface area contributed by atoms with Crippen LogP contribution in [-0.2, 0) is 26.3 Å². The standard InChI is InChI=1S/C21H23N5O6S3/c1-34(29,30)18-9-4-5-10-19(18)35(31,32)25-12-6-11-24(13-14-25)21-22-20(23-33-21)15-16-7-2-3-8-17(16)26(27)28/h2-5,7-10H,6,11-15H2,1H3. The van der Waals surface area contributed by atoms with Gasteiger partial charge in [0.1, 0.15) is 10.7 Å². The number of anilines is 1. The van der Waals surface area contributed by atoms with Crippen LogP contribution < -0.4 is 4.90 Å². The minimum absolute atomic E-state index is 0.00819. The highest BCUT2D eigenvalue weighted by atomic mass is 32.2. The molecule has 35 heavy (non-hydrogen) atoms. The van der Waals surface area contributed by atoms with E-state index in [0.717, 1.165) is 17.8 Å². The molecule has 0 saturated carbocycles. The number of hydrogen-bond donors (Lipinski definition) is 0. The van der Waals surface area contributed by atoms with Crippen molar-refractivity contribution in [3.63, 3.8) is 0 Å². The minimum atomic E-state index is -4.02. The first-order valence-corrected chi connectivity index (χ1v) is 14.8. The third kappa shape index (κ3) is 5.50. The Labute approximate surface area is 207 Å². The molecule has 0 radical (unpaired) electrons. The van der Waals surface area contributed by atoms with Crippen LogP contribution in [0.1, 0.15) is 17.8 Å². The predicted molar refractivity (Wildman–Crippen MR) is 131 cm³/mol. The molecule has 0 unspecified atom stereocenters. The number of para-hydroxylation sites is 1. The van der Waals surface area contributed by atoms with Crippen molar-refractivity contribution in [3.05, 3.63) is 70.0 Å². The minimum Gasteiger partial charge on any atom is -0.345 e. The lowest BCUT2D eigenvalue weighted by Crippen LogP contribution is -2.35. The predicted octanol–water partition coefficient (Wildman–Crippen LogP) is 2.34. The molecule has 0 N–H and O–H groups in total. The largest absolute Gasteiger partial charge is 0.345 e. The number of sulfonamides is 1. The van der Waals surface area contributed by atoms with Crippen LogP contribution in [0.25, 0.3) is 0 Å². The summed E-state index contributed by atoms with van der Waals surface area (Å²) < 4.78 is 56.5. The summed E-state index contributed by atoms with van der Waals surface area (Å²) in [5, 5.41) is 11.9. The van der Waals surface area contributed by atoms with Gasteiger partial charge >= 0.3 is 0 Å². The van der Waals surface area contributed by atoms with E-state index in [1.807, 2.05) is 4.90 Å². The van der Waals surface area contributed by atoms with Gasteiger partial charge in [0, 0.05) is 62.0 Å². The summed E-state index contributed by atoms with van der Waals surface area (Å²) in [6.07, 6.45) is 1.71. The molecule has 1 fully saturated rings.